The Kier molecular flexibility index (Phi) is 3.96. The summed E-state index contributed by atoms with van der Waals surface area (Å²) in [6, 6.07) is 4.54. The predicted molar refractivity (Wildman–Crippen MR) is 51.3 cm³/mol. The summed E-state index contributed by atoms with van der Waals surface area (Å²) in [7, 11) is 0. The maximum atomic E-state index is 2.32. The van der Waals surface area contributed by atoms with E-state index < -0.39 is 0 Å². The van der Waals surface area contributed by atoms with Gasteiger partial charge in [-0.2, -0.15) is 0 Å². The van der Waals surface area contributed by atoms with E-state index in [4.69, 9.17) is 0 Å². The van der Waals surface area contributed by atoms with Gasteiger partial charge in [-0.1, -0.05) is 0 Å². The van der Waals surface area contributed by atoms with E-state index in [9.17, 15) is 0 Å². The molecule has 0 radical (unpaired) electrons. The van der Waals surface area contributed by atoms with Gasteiger partial charge in [-0.3, -0.25) is 0 Å². The zero-order chi connectivity index (χ0) is 8.10. The molecular formula is C10H16Se. The monoisotopic (exact) mass is 216 g/mol. The van der Waals surface area contributed by atoms with Gasteiger partial charge in [0, 0.05) is 0 Å². The van der Waals surface area contributed by atoms with Crippen molar-refractivity contribution in [1.29, 1.82) is 0 Å². The van der Waals surface area contributed by atoms with Crippen LogP contribution in [0.3, 0.4) is 0 Å². The SMILES string of the molecule is CCCC(CC)c1ccc[se]1. The van der Waals surface area contributed by atoms with Crippen molar-refractivity contribution in [3.8, 4) is 0 Å². The molecule has 62 valence electrons. The second-order valence-electron chi connectivity index (χ2n) is 2.91. The average Bonchev–Trinajstić information content (AvgIpc) is 2.52. The first-order chi connectivity index (χ1) is 5.38. The summed E-state index contributed by atoms with van der Waals surface area (Å²) < 4.78 is 1.71. The number of hydrogen-bond donors (Lipinski definition) is 0. The fourth-order valence-electron chi connectivity index (χ4n) is 1.42. The molecule has 1 aromatic heterocycles. The van der Waals surface area contributed by atoms with Crippen LogP contribution >= 0.6 is 0 Å². The summed E-state index contributed by atoms with van der Waals surface area (Å²) >= 11 is 0.690. The van der Waals surface area contributed by atoms with Crippen molar-refractivity contribution in [2.75, 3.05) is 0 Å². The van der Waals surface area contributed by atoms with Crippen molar-refractivity contribution < 1.29 is 0 Å². The molecule has 0 saturated heterocycles. The van der Waals surface area contributed by atoms with Gasteiger partial charge in [0.15, 0.2) is 0 Å². The molecule has 0 aliphatic heterocycles. The summed E-state index contributed by atoms with van der Waals surface area (Å²) in [5, 5.41) is 0. The minimum absolute atomic E-state index is 0.690. The quantitative estimate of drug-likeness (QED) is 0.677. The molecule has 0 saturated carbocycles. The van der Waals surface area contributed by atoms with Crippen molar-refractivity contribution in [3.63, 3.8) is 0 Å². The van der Waals surface area contributed by atoms with E-state index in [1.54, 1.807) is 4.44 Å². The predicted octanol–water partition coefficient (Wildman–Crippen LogP) is 3.04. The Morgan fingerprint density at radius 2 is 2.27 bits per heavy atom. The third-order valence-electron chi connectivity index (χ3n) is 2.08. The van der Waals surface area contributed by atoms with Crippen molar-refractivity contribution in [2.45, 2.75) is 39.0 Å². The molecule has 1 unspecified atom stereocenters. The van der Waals surface area contributed by atoms with Gasteiger partial charge >= 0.3 is 75.0 Å². The van der Waals surface area contributed by atoms with E-state index in [0.717, 1.165) is 5.92 Å². The Balaban J connectivity index is 2.56. The maximum absolute atomic E-state index is 2.32. The molecule has 0 amide bonds. The molecule has 0 nitrogen and oxygen atoms in total. The van der Waals surface area contributed by atoms with Gasteiger partial charge in [-0.05, 0) is 0 Å². The first-order valence-electron chi connectivity index (χ1n) is 4.41. The molecule has 0 aliphatic carbocycles. The molecule has 0 N–H and O–H groups in total. The Morgan fingerprint density at radius 3 is 2.73 bits per heavy atom. The Bertz CT molecular complexity index is 177. The van der Waals surface area contributed by atoms with Crippen LogP contribution in [-0.4, -0.2) is 14.5 Å². The van der Waals surface area contributed by atoms with E-state index >= 15 is 0 Å². The van der Waals surface area contributed by atoms with Gasteiger partial charge in [-0.15, -0.1) is 0 Å². The topological polar surface area (TPSA) is 0 Å². The van der Waals surface area contributed by atoms with Crippen LogP contribution < -0.4 is 0 Å². The summed E-state index contributed by atoms with van der Waals surface area (Å²) in [5.74, 6) is 0.884. The molecule has 0 bridgehead atoms. The van der Waals surface area contributed by atoms with Gasteiger partial charge in [-0.25, -0.2) is 0 Å². The van der Waals surface area contributed by atoms with E-state index in [1.165, 1.54) is 19.3 Å². The van der Waals surface area contributed by atoms with Crippen LogP contribution in [0, 0.1) is 0 Å². The molecule has 0 aliphatic rings. The summed E-state index contributed by atoms with van der Waals surface area (Å²) in [4.78, 5) is 2.32. The van der Waals surface area contributed by atoms with Crippen LogP contribution in [0.4, 0.5) is 0 Å². The van der Waals surface area contributed by atoms with Crippen LogP contribution in [0.2, 0.25) is 0 Å². The second-order valence-corrected chi connectivity index (χ2v) is 4.96. The molecule has 1 aromatic rings. The molecule has 1 atom stereocenters. The molecule has 1 heteroatoms. The minimum atomic E-state index is 0.690. The Hall–Kier alpha value is -0.000519. The molecule has 0 fully saturated rings. The zero-order valence-electron chi connectivity index (χ0n) is 7.34. The van der Waals surface area contributed by atoms with Gasteiger partial charge < -0.3 is 0 Å². The standard InChI is InChI=1S/C10H16Se/c1-3-6-9(4-2)10-7-5-8-11-10/h5,7-9H,3-4,6H2,1-2H3. The summed E-state index contributed by atoms with van der Waals surface area (Å²) in [6.07, 6.45) is 4.03. The fourth-order valence-corrected chi connectivity index (χ4v) is 3.41. The molecule has 0 aromatic carbocycles. The second kappa shape index (κ2) is 4.79. The Labute approximate surface area is 75.4 Å². The van der Waals surface area contributed by atoms with Crippen LogP contribution in [0.5, 0.6) is 0 Å². The van der Waals surface area contributed by atoms with E-state index in [1.807, 2.05) is 0 Å². The van der Waals surface area contributed by atoms with Crippen molar-refractivity contribution >= 4 is 14.5 Å². The average molecular weight is 215 g/mol. The summed E-state index contributed by atoms with van der Waals surface area (Å²) in [5.41, 5.74) is 0. The van der Waals surface area contributed by atoms with Crippen molar-refractivity contribution in [2.24, 2.45) is 0 Å². The number of hydrogen-bond acceptors (Lipinski definition) is 0. The number of rotatable bonds is 4. The molecule has 0 spiro atoms. The van der Waals surface area contributed by atoms with E-state index in [-0.39, 0.29) is 0 Å². The van der Waals surface area contributed by atoms with Gasteiger partial charge in [0.25, 0.3) is 0 Å². The Morgan fingerprint density at radius 1 is 1.45 bits per heavy atom. The third kappa shape index (κ3) is 2.50. The van der Waals surface area contributed by atoms with E-state index in [0.29, 0.717) is 14.5 Å². The van der Waals surface area contributed by atoms with Gasteiger partial charge in [0.2, 0.25) is 0 Å². The van der Waals surface area contributed by atoms with Crippen molar-refractivity contribution in [3.05, 3.63) is 21.5 Å². The first-order valence-corrected chi connectivity index (χ1v) is 6.26. The molecule has 1 rings (SSSR count). The van der Waals surface area contributed by atoms with E-state index in [2.05, 4.69) is 30.9 Å². The summed E-state index contributed by atoms with van der Waals surface area (Å²) in [6.45, 7) is 4.58. The van der Waals surface area contributed by atoms with Crippen LogP contribution in [-0.2, 0) is 0 Å². The van der Waals surface area contributed by atoms with Crippen LogP contribution in [0.1, 0.15) is 43.5 Å². The third-order valence-corrected chi connectivity index (χ3v) is 4.25. The van der Waals surface area contributed by atoms with Crippen LogP contribution in [0.15, 0.2) is 17.1 Å². The molecule has 1 heterocycles. The van der Waals surface area contributed by atoms with Crippen LogP contribution in [0.25, 0.3) is 0 Å². The van der Waals surface area contributed by atoms with Gasteiger partial charge in [0.05, 0.1) is 0 Å². The fraction of sp³-hybridized carbons (Fsp3) is 0.600. The normalized spacial score (nSPS) is 13.3. The first kappa shape index (κ1) is 9.09. The van der Waals surface area contributed by atoms with Crippen molar-refractivity contribution in [1.82, 2.24) is 0 Å². The molecule has 11 heavy (non-hydrogen) atoms. The van der Waals surface area contributed by atoms with Gasteiger partial charge in [0.1, 0.15) is 0 Å². The molecular weight excluding hydrogens is 199 g/mol. The zero-order valence-corrected chi connectivity index (χ0v) is 9.05.